The zero-order chi connectivity index (χ0) is 12.1. The van der Waals surface area contributed by atoms with Crippen molar-refractivity contribution in [1.29, 1.82) is 0 Å². The Bertz CT molecular complexity index is 426. The van der Waals surface area contributed by atoms with E-state index in [-0.39, 0.29) is 5.69 Å². The Morgan fingerprint density at radius 3 is 3.06 bits per heavy atom. The number of aromatic carboxylic acids is 1. The van der Waals surface area contributed by atoms with Gasteiger partial charge in [0.1, 0.15) is 0 Å². The third-order valence-corrected chi connectivity index (χ3v) is 3.63. The van der Waals surface area contributed by atoms with Crippen molar-refractivity contribution < 1.29 is 9.90 Å². The molecule has 0 spiro atoms. The monoisotopic (exact) mass is 252 g/mol. The van der Waals surface area contributed by atoms with E-state index in [1.54, 1.807) is 5.38 Å². The summed E-state index contributed by atoms with van der Waals surface area (Å²) >= 11 is 1.34. The molecule has 0 aliphatic heterocycles. The fourth-order valence-corrected chi connectivity index (χ4v) is 2.63. The summed E-state index contributed by atoms with van der Waals surface area (Å²) in [5.74, 6) is -0.968. The maximum Gasteiger partial charge on any atom is 0.355 e. The van der Waals surface area contributed by atoms with E-state index in [9.17, 15) is 4.79 Å². The molecule has 1 heterocycles. The summed E-state index contributed by atoms with van der Waals surface area (Å²) < 4.78 is 0. The van der Waals surface area contributed by atoms with Crippen molar-refractivity contribution in [3.63, 3.8) is 0 Å². The predicted octanol–water partition coefficient (Wildman–Crippen LogP) is 3.14. The molecular weight excluding hydrogens is 236 g/mol. The fourth-order valence-electron chi connectivity index (χ4n) is 1.91. The largest absolute Gasteiger partial charge is 0.476 e. The lowest BCUT2D eigenvalue weighted by molar-refractivity contribution is 0.0691. The van der Waals surface area contributed by atoms with E-state index in [1.165, 1.54) is 42.6 Å². The highest BCUT2D eigenvalue weighted by atomic mass is 32.1. The molecule has 2 rings (SSSR count). The van der Waals surface area contributed by atoms with Crippen LogP contribution < -0.4 is 5.32 Å². The first kappa shape index (κ1) is 12.1. The molecule has 1 aliphatic carbocycles. The number of carboxylic acid groups (broad SMARTS) is 1. The number of carboxylic acids is 1. The molecule has 0 amide bonds. The Balaban J connectivity index is 1.77. The van der Waals surface area contributed by atoms with Gasteiger partial charge in [0.25, 0.3) is 0 Å². The van der Waals surface area contributed by atoms with E-state index >= 15 is 0 Å². The van der Waals surface area contributed by atoms with Crippen LogP contribution in [0.1, 0.15) is 42.6 Å². The Hall–Kier alpha value is -1.36. The normalized spacial score (nSPS) is 15.4. The van der Waals surface area contributed by atoms with Crippen LogP contribution in [0.2, 0.25) is 0 Å². The van der Waals surface area contributed by atoms with Crippen molar-refractivity contribution in [2.45, 2.75) is 32.1 Å². The molecule has 17 heavy (non-hydrogen) atoms. The van der Waals surface area contributed by atoms with Gasteiger partial charge in [-0.05, 0) is 32.1 Å². The minimum absolute atomic E-state index is 0.120. The molecule has 0 fully saturated rings. The summed E-state index contributed by atoms with van der Waals surface area (Å²) in [6.45, 7) is 0.832. The molecule has 0 unspecified atom stereocenters. The molecule has 1 aromatic rings. The molecule has 1 aliphatic rings. The van der Waals surface area contributed by atoms with Crippen molar-refractivity contribution in [2.24, 2.45) is 0 Å². The van der Waals surface area contributed by atoms with Gasteiger partial charge in [-0.2, -0.15) is 0 Å². The van der Waals surface area contributed by atoms with E-state index in [0.29, 0.717) is 5.13 Å². The molecule has 2 N–H and O–H groups in total. The molecule has 92 valence electrons. The highest BCUT2D eigenvalue weighted by Crippen LogP contribution is 2.21. The first-order valence-electron chi connectivity index (χ1n) is 5.86. The second kappa shape index (κ2) is 5.82. The number of nitrogens with one attached hydrogen (secondary N) is 1. The van der Waals surface area contributed by atoms with Crippen LogP contribution in [0, 0.1) is 0 Å². The number of carbonyl (C=O) groups is 1. The van der Waals surface area contributed by atoms with E-state index in [2.05, 4.69) is 16.4 Å². The molecule has 0 bridgehead atoms. The zero-order valence-electron chi connectivity index (χ0n) is 9.61. The maximum absolute atomic E-state index is 10.6. The maximum atomic E-state index is 10.6. The van der Waals surface area contributed by atoms with Crippen LogP contribution in [0.3, 0.4) is 0 Å². The van der Waals surface area contributed by atoms with Gasteiger partial charge < -0.3 is 10.4 Å². The summed E-state index contributed by atoms with van der Waals surface area (Å²) in [7, 11) is 0. The third kappa shape index (κ3) is 3.56. The van der Waals surface area contributed by atoms with Crippen molar-refractivity contribution in [3.05, 3.63) is 22.7 Å². The van der Waals surface area contributed by atoms with E-state index in [0.717, 1.165) is 13.0 Å². The lowest BCUT2D eigenvalue weighted by atomic mass is 9.97. The Labute approximate surface area is 104 Å². The Morgan fingerprint density at radius 1 is 1.53 bits per heavy atom. The second-order valence-electron chi connectivity index (χ2n) is 4.13. The number of allylic oxidation sites excluding steroid dienone is 1. The number of nitrogens with zero attached hydrogens (tertiary/aromatic N) is 1. The van der Waals surface area contributed by atoms with Crippen molar-refractivity contribution in [2.75, 3.05) is 11.9 Å². The van der Waals surface area contributed by atoms with Gasteiger partial charge in [-0.15, -0.1) is 11.3 Å². The first-order chi connectivity index (χ1) is 8.25. The summed E-state index contributed by atoms with van der Waals surface area (Å²) in [4.78, 5) is 14.6. The van der Waals surface area contributed by atoms with Gasteiger partial charge in [0, 0.05) is 11.9 Å². The summed E-state index contributed by atoms with van der Waals surface area (Å²) in [5, 5.41) is 14.2. The number of rotatable bonds is 5. The molecular formula is C12H16N2O2S. The quantitative estimate of drug-likeness (QED) is 0.790. The molecule has 0 saturated heterocycles. The molecule has 0 radical (unpaired) electrons. The minimum atomic E-state index is -0.968. The van der Waals surface area contributed by atoms with Crippen LogP contribution in [-0.4, -0.2) is 22.6 Å². The Morgan fingerprint density at radius 2 is 2.41 bits per heavy atom. The van der Waals surface area contributed by atoms with E-state index < -0.39 is 5.97 Å². The SMILES string of the molecule is O=C(O)c1csc(NCCC2=CCCCC2)n1. The van der Waals surface area contributed by atoms with Gasteiger partial charge in [0.15, 0.2) is 10.8 Å². The van der Waals surface area contributed by atoms with Crippen LogP contribution in [-0.2, 0) is 0 Å². The summed E-state index contributed by atoms with van der Waals surface area (Å²) in [6, 6.07) is 0. The number of anilines is 1. The lowest BCUT2D eigenvalue weighted by Gasteiger charge is -2.12. The average Bonchev–Trinajstić information content (AvgIpc) is 2.79. The van der Waals surface area contributed by atoms with Gasteiger partial charge in [0.2, 0.25) is 0 Å². The number of aromatic nitrogens is 1. The van der Waals surface area contributed by atoms with Gasteiger partial charge in [0.05, 0.1) is 0 Å². The van der Waals surface area contributed by atoms with Gasteiger partial charge >= 0.3 is 5.97 Å². The molecule has 1 aromatic heterocycles. The Kier molecular flexibility index (Phi) is 4.14. The summed E-state index contributed by atoms with van der Waals surface area (Å²) in [5.41, 5.74) is 1.63. The van der Waals surface area contributed by atoms with E-state index in [1.807, 2.05) is 0 Å². The standard InChI is InChI=1S/C12H16N2O2S/c15-11(16)10-8-17-12(14-10)13-7-6-9-4-2-1-3-5-9/h4,8H,1-3,5-7H2,(H,13,14)(H,15,16). The number of hydrogen-bond acceptors (Lipinski definition) is 4. The predicted molar refractivity (Wildman–Crippen MR) is 68.7 cm³/mol. The van der Waals surface area contributed by atoms with E-state index in [4.69, 9.17) is 5.11 Å². The molecule has 0 saturated carbocycles. The van der Waals surface area contributed by atoms with Crippen LogP contribution in [0.4, 0.5) is 5.13 Å². The minimum Gasteiger partial charge on any atom is -0.476 e. The number of hydrogen-bond donors (Lipinski definition) is 2. The topological polar surface area (TPSA) is 62.2 Å². The average molecular weight is 252 g/mol. The molecule has 4 nitrogen and oxygen atoms in total. The van der Waals surface area contributed by atoms with Crippen LogP contribution in [0.25, 0.3) is 0 Å². The van der Waals surface area contributed by atoms with Crippen LogP contribution in [0.15, 0.2) is 17.0 Å². The molecule has 0 atom stereocenters. The highest BCUT2D eigenvalue weighted by Gasteiger charge is 2.08. The second-order valence-corrected chi connectivity index (χ2v) is 4.99. The molecule has 5 heteroatoms. The lowest BCUT2D eigenvalue weighted by Crippen LogP contribution is -2.05. The van der Waals surface area contributed by atoms with Gasteiger partial charge in [-0.1, -0.05) is 11.6 Å². The number of thiazole rings is 1. The van der Waals surface area contributed by atoms with Crippen molar-refractivity contribution in [3.8, 4) is 0 Å². The first-order valence-corrected chi connectivity index (χ1v) is 6.74. The zero-order valence-corrected chi connectivity index (χ0v) is 10.4. The fraction of sp³-hybridized carbons (Fsp3) is 0.500. The van der Waals surface area contributed by atoms with Gasteiger partial charge in [-0.25, -0.2) is 9.78 Å². The van der Waals surface area contributed by atoms with Crippen molar-refractivity contribution in [1.82, 2.24) is 4.98 Å². The van der Waals surface area contributed by atoms with Gasteiger partial charge in [-0.3, -0.25) is 0 Å². The van der Waals surface area contributed by atoms with Crippen molar-refractivity contribution >= 4 is 22.4 Å². The smallest absolute Gasteiger partial charge is 0.355 e. The van der Waals surface area contributed by atoms with Crippen LogP contribution >= 0.6 is 11.3 Å². The van der Waals surface area contributed by atoms with Crippen LogP contribution in [0.5, 0.6) is 0 Å². The molecule has 0 aromatic carbocycles. The highest BCUT2D eigenvalue weighted by molar-refractivity contribution is 7.13. The third-order valence-electron chi connectivity index (χ3n) is 2.83. The summed E-state index contributed by atoms with van der Waals surface area (Å²) in [6.07, 6.45) is 8.38.